The molecule has 0 radical (unpaired) electrons. The van der Waals surface area contributed by atoms with Gasteiger partial charge in [-0.05, 0) is 42.4 Å². The summed E-state index contributed by atoms with van der Waals surface area (Å²) in [5.74, 6) is 2.01. The molecule has 0 spiro atoms. The van der Waals surface area contributed by atoms with E-state index in [2.05, 4.69) is 33.4 Å². The predicted molar refractivity (Wildman–Crippen MR) is 105 cm³/mol. The van der Waals surface area contributed by atoms with Crippen LogP contribution in [0.2, 0.25) is 0 Å². The number of ether oxygens (including phenoxy) is 2. The van der Waals surface area contributed by atoms with Gasteiger partial charge in [0.25, 0.3) is 0 Å². The second-order valence-electron chi connectivity index (χ2n) is 6.73. The number of aliphatic hydroxyl groups excluding tert-OH is 1. The summed E-state index contributed by atoms with van der Waals surface area (Å²) in [6.07, 6.45) is 8.08. The lowest BCUT2D eigenvalue weighted by atomic mass is 9.84. The molecule has 3 nitrogen and oxygen atoms in total. The quantitative estimate of drug-likeness (QED) is 0.541. The largest absolute Gasteiger partial charge is 0.497 e. The number of hydrogen-bond donors (Lipinski definition) is 1. The number of hydrogen-bond acceptors (Lipinski definition) is 3. The van der Waals surface area contributed by atoms with Crippen LogP contribution in [0.5, 0.6) is 5.75 Å². The number of allylic oxidation sites excluding steroid dienone is 1. The summed E-state index contributed by atoms with van der Waals surface area (Å²) >= 11 is 0. The van der Waals surface area contributed by atoms with Gasteiger partial charge < -0.3 is 14.6 Å². The molecule has 0 unspecified atom stereocenters. The molecule has 25 heavy (non-hydrogen) atoms. The lowest BCUT2D eigenvalue weighted by molar-refractivity contribution is -0.0257. The lowest BCUT2D eigenvalue weighted by Crippen LogP contribution is -2.30. The normalized spacial score (nSPS) is 16.4. The fourth-order valence-corrected chi connectivity index (χ4v) is 3.25. The molecule has 3 heteroatoms. The van der Waals surface area contributed by atoms with E-state index in [0.717, 1.165) is 24.2 Å². The number of benzene rings is 1. The van der Waals surface area contributed by atoms with Crippen molar-refractivity contribution in [2.45, 2.75) is 46.3 Å². The number of methoxy groups -OCH3 is 1. The van der Waals surface area contributed by atoms with Gasteiger partial charge in [0.05, 0.1) is 26.4 Å². The molecule has 0 fully saturated rings. The molecular weight excluding hydrogens is 312 g/mol. The summed E-state index contributed by atoms with van der Waals surface area (Å²) in [4.78, 5) is 0. The van der Waals surface area contributed by atoms with Crippen molar-refractivity contribution in [1.29, 1.82) is 0 Å². The Labute approximate surface area is 153 Å². The van der Waals surface area contributed by atoms with E-state index in [1.165, 1.54) is 0 Å². The van der Waals surface area contributed by atoms with Crippen LogP contribution in [0.25, 0.3) is 0 Å². The van der Waals surface area contributed by atoms with Gasteiger partial charge in [0.15, 0.2) is 0 Å². The molecule has 0 amide bonds. The zero-order valence-corrected chi connectivity index (χ0v) is 16.2. The molecule has 0 aliphatic rings. The van der Waals surface area contributed by atoms with Gasteiger partial charge in [-0.25, -0.2) is 0 Å². The van der Waals surface area contributed by atoms with Crippen LogP contribution in [0, 0.1) is 17.8 Å². The van der Waals surface area contributed by atoms with E-state index in [4.69, 9.17) is 14.6 Å². The molecule has 0 heterocycles. The SMILES string of the molecule is C=C[C@@H](CC)[C@H](OCc1ccc(OC)cc1)[C@H](C)C[C@@H](C)/C=C/CO. The Morgan fingerprint density at radius 3 is 2.40 bits per heavy atom. The molecule has 1 aromatic rings. The summed E-state index contributed by atoms with van der Waals surface area (Å²) in [6, 6.07) is 8.01. The van der Waals surface area contributed by atoms with Gasteiger partial charge in [-0.15, -0.1) is 6.58 Å². The summed E-state index contributed by atoms with van der Waals surface area (Å²) in [6.45, 7) is 11.3. The minimum Gasteiger partial charge on any atom is -0.497 e. The van der Waals surface area contributed by atoms with Gasteiger partial charge in [-0.2, -0.15) is 0 Å². The summed E-state index contributed by atoms with van der Waals surface area (Å²) in [5, 5.41) is 8.94. The maximum atomic E-state index is 8.94. The first kappa shape index (κ1) is 21.5. The first-order valence-corrected chi connectivity index (χ1v) is 9.20. The Balaban J connectivity index is 2.74. The molecule has 0 saturated carbocycles. The standard InChI is InChI=1S/C22H34O3/c1-6-20(7-2)22(18(4)15-17(3)9-8-14-23)25-16-19-10-12-21(24-5)13-11-19/h6,8-13,17-18,20,22-23H,1,7,14-16H2,2-5H3/b9-8+/t17-,18+,20-,22+/m0/s1. The topological polar surface area (TPSA) is 38.7 Å². The third-order valence-electron chi connectivity index (χ3n) is 4.67. The summed E-state index contributed by atoms with van der Waals surface area (Å²) in [7, 11) is 1.67. The highest BCUT2D eigenvalue weighted by Crippen LogP contribution is 2.28. The van der Waals surface area contributed by atoms with Crippen molar-refractivity contribution in [3.8, 4) is 5.75 Å². The number of aliphatic hydroxyl groups is 1. The Hall–Kier alpha value is -1.58. The minimum atomic E-state index is 0.0976. The van der Waals surface area contributed by atoms with Gasteiger partial charge in [-0.1, -0.05) is 51.1 Å². The molecule has 140 valence electrons. The Morgan fingerprint density at radius 1 is 1.20 bits per heavy atom. The van der Waals surface area contributed by atoms with E-state index in [-0.39, 0.29) is 12.7 Å². The monoisotopic (exact) mass is 346 g/mol. The van der Waals surface area contributed by atoms with E-state index >= 15 is 0 Å². The van der Waals surface area contributed by atoms with Crippen molar-refractivity contribution in [2.24, 2.45) is 17.8 Å². The van der Waals surface area contributed by atoms with E-state index in [1.807, 2.05) is 36.4 Å². The average Bonchev–Trinajstić information content (AvgIpc) is 2.63. The highest BCUT2D eigenvalue weighted by Gasteiger charge is 2.25. The van der Waals surface area contributed by atoms with Crippen molar-refractivity contribution >= 4 is 0 Å². The maximum Gasteiger partial charge on any atom is 0.118 e. The van der Waals surface area contributed by atoms with Crippen LogP contribution in [0.15, 0.2) is 49.1 Å². The average molecular weight is 347 g/mol. The van der Waals surface area contributed by atoms with Crippen LogP contribution >= 0.6 is 0 Å². The molecule has 0 aromatic heterocycles. The van der Waals surface area contributed by atoms with E-state index < -0.39 is 0 Å². The first-order valence-electron chi connectivity index (χ1n) is 9.20. The zero-order valence-electron chi connectivity index (χ0n) is 16.2. The second kappa shape index (κ2) is 11.9. The smallest absolute Gasteiger partial charge is 0.118 e. The first-order chi connectivity index (χ1) is 12.0. The van der Waals surface area contributed by atoms with Gasteiger partial charge in [0, 0.05) is 5.92 Å². The highest BCUT2D eigenvalue weighted by molar-refractivity contribution is 5.26. The number of rotatable bonds is 12. The van der Waals surface area contributed by atoms with Gasteiger partial charge in [-0.3, -0.25) is 0 Å². The second-order valence-corrected chi connectivity index (χ2v) is 6.73. The van der Waals surface area contributed by atoms with E-state index in [9.17, 15) is 0 Å². The highest BCUT2D eigenvalue weighted by atomic mass is 16.5. The Morgan fingerprint density at radius 2 is 1.88 bits per heavy atom. The van der Waals surface area contributed by atoms with Gasteiger partial charge in [0.2, 0.25) is 0 Å². The lowest BCUT2D eigenvalue weighted by Gasteiger charge is -2.31. The zero-order chi connectivity index (χ0) is 18.7. The fourth-order valence-electron chi connectivity index (χ4n) is 3.25. The van der Waals surface area contributed by atoms with Crippen LogP contribution in [0.1, 0.15) is 39.2 Å². The Kier molecular flexibility index (Phi) is 10.2. The van der Waals surface area contributed by atoms with Crippen LogP contribution in [0.4, 0.5) is 0 Å². The molecule has 1 N–H and O–H groups in total. The molecule has 1 rings (SSSR count). The van der Waals surface area contributed by atoms with Crippen molar-refractivity contribution < 1.29 is 14.6 Å². The van der Waals surface area contributed by atoms with E-state index in [1.54, 1.807) is 7.11 Å². The Bertz CT molecular complexity index is 507. The molecule has 1 aromatic carbocycles. The minimum absolute atomic E-state index is 0.0976. The molecule has 4 atom stereocenters. The molecule has 0 saturated heterocycles. The van der Waals surface area contributed by atoms with E-state index in [0.29, 0.717) is 24.4 Å². The fraction of sp³-hybridized carbons (Fsp3) is 0.545. The van der Waals surface area contributed by atoms with Crippen LogP contribution in [-0.4, -0.2) is 24.9 Å². The molecule has 0 aliphatic carbocycles. The third-order valence-corrected chi connectivity index (χ3v) is 4.67. The van der Waals surface area contributed by atoms with Crippen LogP contribution < -0.4 is 4.74 Å². The van der Waals surface area contributed by atoms with Crippen LogP contribution in [0.3, 0.4) is 0 Å². The van der Waals surface area contributed by atoms with Crippen molar-refractivity contribution in [3.63, 3.8) is 0 Å². The van der Waals surface area contributed by atoms with Crippen molar-refractivity contribution in [1.82, 2.24) is 0 Å². The molecular formula is C22H34O3. The van der Waals surface area contributed by atoms with Crippen molar-refractivity contribution in [3.05, 3.63) is 54.6 Å². The molecule has 0 bridgehead atoms. The third kappa shape index (κ3) is 7.45. The maximum absolute atomic E-state index is 8.94. The summed E-state index contributed by atoms with van der Waals surface area (Å²) < 4.78 is 11.5. The van der Waals surface area contributed by atoms with Gasteiger partial charge in [0.1, 0.15) is 5.75 Å². The van der Waals surface area contributed by atoms with Crippen molar-refractivity contribution in [2.75, 3.05) is 13.7 Å². The summed E-state index contributed by atoms with van der Waals surface area (Å²) in [5.41, 5.74) is 1.14. The van der Waals surface area contributed by atoms with Gasteiger partial charge >= 0.3 is 0 Å². The van der Waals surface area contributed by atoms with Crippen LogP contribution in [-0.2, 0) is 11.3 Å². The predicted octanol–water partition coefficient (Wildman–Crippen LogP) is 5.00. The molecule has 0 aliphatic heterocycles.